The van der Waals surface area contributed by atoms with Crippen LogP contribution in [0, 0.1) is 11.8 Å². The Labute approximate surface area is 85.8 Å². The summed E-state index contributed by atoms with van der Waals surface area (Å²) in [5, 5.41) is 0.967. The second kappa shape index (κ2) is 4.70. The molecule has 0 amide bonds. The van der Waals surface area contributed by atoms with Gasteiger partial charge in [0.25, 0.3) is 0 Å². The average Bonchev–Trinajstić information content (AvgIpc) is 2.51. The highest BCUT2D eigenvalue weighted by molar-refractivity contribution is 8.00. The summed E-state index contributed by atoms with van der Waals surface area (Å²) in [6, 6.07) is 0. The van der Waals surface area contributed by atoms with E-state index in [1.54, 1.807) is 0 Å². The number of thioether (sulfide) groups is 1. The predicted octanol–water partition coefficient (Wildman–Crippen LogP) is 2.65. The van der Waals surface area contributed by atoms with Gasteiger partial charge in [-0.2, -0.15) is 11.8 Å². The molecule has 2 aliphatic rings. The monoisotopic (exact) mass is 199 g/mol. The fraction of sp³-hybridized carbons (Fsp3) is 1.00. The zero-order valence-electron chi connectivity index (χ0n) is 8.37. The van der Waals surface area contributed by atoms with Crippen molar-refractivity contribution in [3.8, 4) is 0 Å². The first-order chi connectivity index (χ1) is 6.42. The lowest BCUT2D eigenvalue weighted by molar-refractivity contribution is 0.192. The summed E-state index contributed by atoms with van der Waals surface area (Å²) in [6.45, 7) is 0.901. The van der Waals surface area contributed by atoms with Gasteiger partial charge in [0.1, 0.15) is 0 Å². The third kappa shape index (κ3) is 2.21. The Balaban J connectivity index is 1.86. The standard InChI is InChI=1S/C11H21NS/c12-7-6-10(9-3-1-4-9)11-5-2-8-13-11/h9-11H,1-8,12H2. The van der Waals surface area contributed by atoms with Gasteiger partial charge >= 0.3 is 0 Å². The van der Waals surface area contributed by atoms with E-state index in [1.165, 1.54) is 44.3 Å². The van der Waals surface area contributed by atoms with Crippen molar-refractivity contribution in [2.24, 2.45) is 17.6 Å². The van der Waals surface area contributed by atoms with Gasteiger partial charge in [-0.1, -0.05) is 19.3 Å². The van der Waals surface area contributed by atoms with Crippen LogP contribution in [-0.2, 0) is 0 Å². The van der Waals surface area contributed by atoms with Crippen molar-refractivity contribution < 1.29 is 0 Å². The summed E-state index contributed by atoms with van der Waals surface area (Å²) < 4.78 is 0. The molecule has 2 fully saturated rings. The third-order valence-electron chi connectivity index (χ3n) is 3.70. The van der Waals surface area contributed by atoms with Gasteiger partial charge in [-0.05, 0) is 43.4 Å². The molecule has 0 aromatic rings. The minimum atomic E-state index is 0.901. The van der Waals surface area contributed by atoms with Gasteiger partial charge in [0.2, 0.25) is 0 Å². The molecule has 1 aliphatic carbocycles. The van der Waals surface area contributed by atoms with Crippen molar-refractivity contribution >= 4 is 11.8 Å². The predicted molar refractivity (Wildman–Crippen MR) is 60.0 cm³/mol. The van der Waals surface area contributed by atoms with E-state index in [-0.39, 0.29) is 0 Å². The number of rotatable bonds is 4. The summed E-state index contributed by atoms with van der Waals surface area (Å²) in [6.07, 6.45) is 8.64. The molecule has 2 rings (SSSR count). The van der Waals surface area contributed by atoms with E-state index < -0.39 is 0 Å². The normalized spacial score (nSPS) is 31.6. The zero-order chi connectivity index (χ0) is 9.10. The van der Waals surface area contributed by atoms with Crippen molar-refractivity contribution in [1.82, 2.24) is 0 Å². The molecule has 1 heterocycles. The Morgan fingerprint density at radius 2 is 2.08 bits per heavy atom. The summed E-state index contributed by atoms with van der Waals surface area (Å²) in [5.41, 5.74) is 5.70. The fourth-order valence-corrected chi connectivity index (χ4v) is 4.30. The molecule has 1 saturated heterocycles. The molecule has 0 aromatic heterocycles. The number of hydrogen-bond donors (Lipinski definition) is 1. The largest absolute Gasteiger partial charge is 0.330 e. The zero-order valence-corrected chi connectivity index (χ0v) is 9.19. The summed E-state index contributed by atoms with van der Waals surface area (Å²) >= 11 is 2.21. The molecule has 2 unspecified atom stereocenters. The first-order valence-electron chi connectivity index (χ1n) is 5.73. The second-order valence-electron chi connectivity index (χ2n) is 4.48. The molecule has 1 nitrogen and oxygen atoms in total. The van der Waals surface area contributed by atoms with Crippen molar-refractivity contribution in [3.63, 3.8) is 0 Å². The number of hydrogen-bond acceptors (Lipinski definition) is 2. The van der Waals surface area contributed by atoms with Crippen LogP contribution >= 0.6 is 11.8 Å². The molecular formula is C11H21NS. The molecule has 76 valence electrons. The highest BCUT2D eigenvalue weighted by Crippen LogP contribution is 2.44. The Hall–Kier alpha value is 0.310. The smallest absolute Gasteiger partial charge is 0.00787 e. The van der Waals surface area contributed by atoms with Crippen molar-refractivity contribution in [2.75, 3.05) is 12.3 Å². The highest BCUT2D eigenvalue weighted by Gasteiger charge is 2.34. The Kier molecular flexibility index (Phi) is 3.56. The summed E-state index contributed by atoms with van der Waals surface area (Å²) in [4.78, 5) is 0. The molecule has 0 radical (unpaired) electrons. The van der Waals surface area contributed by atoms with Crippen LogP contribution in [0.2, 0.25) is 0 Å². The molecule has 0 aromatic carbocycles. The van der Waals surface area contributed by atoms with Crippen LogP contribution in [0.3, 0.4) is 0 Å². The van der Waals surface area contributed by atoms with Crippen LogP contribution in [0.25, 0.3) is 0 Å². The van der Waals surface area contributed by atoms with E-state index in [1.807, 2.05) is 0 Å². The maximum atomic E-state index is 5.70. The average molecular weight is 199 g/mol. The lowest BCUT2D eigenvalue weighted by Crippen LogP contribution is -2.31. The lowest BCUT2D eigenvalue weighted by atomic mass is 9.72. The van der Waals surface area contributed by atoms with Crippen LogP contribution in [0.1, 0.15) is 38.5 Å². The van der Waals surface area contributed by atoms with E-state index >= 15 is 0 Å². The van der Waals surface area contributed by atoms with Crippen LogP contribution in [-0.4, -0.2) is 17.5 Å². The van der Waals surface area contributed by atoms with E-state index in [9.17, 15) is 0 Å². The first kappa shape index (κ1) is 9.85. The molecule has 1 saturated carbocycles. The van der Waals surface area contributed by atoms with E-state index in [4.69, 9.17) is 5.73 Å². The fourth-order valence-electron chi connectivity index (χ4n) is 2.73. The Morgan fingerprint density at radius 3 is 2.54 bits per heavy atom. The first-order valence-corrected chi connectivity index (χ1v) is 6.78. The summed E-state index contributed by atoms with van der Waals surface area (Å²) in [5.74, 6) is 3.41. The SMILES string of the molecule is NCCC(C1CCC1)C1CCCS1. The molecule has 13 heavy (non-hydrogen) atoms. The molecule has 2 heteroatoms. The minimum absolute atomic E-state index is 0.901. The van der Waals surface area contributed by atoms with Crippen LogP contribution in [0.15, 0.2) is 0 Å². The molecule has 2 atom stereocenters. The topological polar surface area (TPSA) is 26.0 Å². The molecular weight excluding hydrogens is 178 g/mol. The van der Waals surface area contributed by atoms with Crippen LogP contribution in [0.5, 0.6) is 0 Å². The Morgan fingerprint density at radius 1 is 1.23 bits per heavy atom. The van der Waals surface area contributed by atoms with E-state index in [2.05, 4.69) is 11.8 Å². The van der Waals surface area contributed by atoms with Crippen molar-refractivity contribution in [3.05, 3.63) is 0 Å². The maximum absolute atomic E-state index is 5.70. The van der Waals surface area contributed by atoms with Gasteiger partial charge in [0.15, 0.2) is 0 Å². The maximum Gasteiger partial charge on any atom is 0.00787 e. The van der Waals surface area contributed by atoms with Gasteiger partial charge in [0, 0.05) is 5.25 Å². The highest BCUT2D eigenvalue weighted by atomic mass is 32.2. The minimum Gasteiger partial charge on any atom is -0.330 e. The molecule has 2 N–H and O–H groups in total. The van der Waals surface area contributed by atoms with Crippen LogP contribution < -0.4 is 5.73 Å². The van der Waals surface area contributed by atoms with Gasteiger partial charge in [-0.15, -0.1) is 0 Å². The molecule has 1 aliphatic heterocycles. The number of nitrogens with two attached hydrogens (primary N) is 1. The van der Waals surface area contributed by atoms with Crippen molar-refractivity contribution in [2.45, 2.75) is 43.8 Å². The Bertz CT molecular complexity index is 150. The lowest BCUT2D eigenvalue weighted by Gasteiger charge is -2.37. The molecule has 0 bridgehead atoms. The molecule has 0 spiro atoms. The van der Waals surface area contributed by atoms with Gasteiger partial charge < -0.3 is 5.73 Å². The quantitative estimate of drug-likeness (QED) is 0.753. The van der Waals surface area contributed by atoms with Gasteiger partial charge in [-0.3, -0.25) is 0 Å². The van der Waals surface area contributed by atoms with Gasteiger partial charge in [-0.25, -0.2) is 0 Å². The van der Waals surface area contributed by atoms with E-state index in [0.29, 0.717) is 0 Å². The van der Waals surface area contributed by atoms with Crippen LogP contribution in [0.4, 0.5) is 0 Å². The second-order valence-corrected chi connectivity index (χ2v) is 5.83. The van der Waals surface area contributed by atoms with E-state index in [0.717, 1.165) is 23.6 Å². The summed E-state index contributed by atoms with van der Waals surface area (Å²) in [7, 11) is 0. The van der Waals surface area contributed by atoms with Crippen molar-refractivity contribution in [1.29, 1.82) is 0 Å². The van der Waals surface area contributed by atoms with Gasteiger partial charge in [0.05, 0.1) is 0 Å². The third-order valence-corrected chi connectivity index (χ3v) is 5.24.